The molecule has 0 spiro atoms. The molecule has 1 aromatic heterocycles. The third kappa shape index (κ3) is 4.73. The fourth-order valence-electron chi connectivity index (χ4n) is 2.65. The third-order valence-electron chi connectivity index (χ3n) is 4.19. The first-order valence-corrected chi connectivity index (χ1v) is 8.88. The zero-order valence-electron chi connectivity index (χ0n) is 15.8. The first kappa shape index (κ1) is 18.6. The number of hydrogen-bond acceptors (Lipinski definition) is 5. The Labute approximate surface area is 158 Å². The molecule has 6 nitrogen and oxygen atoms in total. The lowest BCUT2D eigenvalue weighted by atomic mass is 10.0. The third-order valence-corrected chi connectivity index (χ3v) is 4.19. The van der Waals surface area contributed by atoms with Gasteiger partial charge < -0.3 is 14.2 Å². The average molecular weight is 365 g/mol. The Morgan fingerprint density at radius 3 is 2.56 bits per heavy atom. The lowest BCUT2D eigenvalue weighted by molar-refractivity contribution is -0.132. The maximum Gasteiger partial charge on any atom is 0.260 e. The SMILES string of the molecule is CC(C)c1ccccc1OCC(=O)N(C)Cc1nc(-c2ccccc2)no1. The molecule has 140 valence electrons. The van der Waals surface area contributed by atoms with Crippen molar-refractivity contribution < 1.29 is 14.1 Å². The quantitative estimate of drug-likeness (QED) is 0.635. The molecule has 0 aliphatic heterocycles. The lowest BCUT2D eigenvalue weighted by Gasteiger charge is -2.17. The summed E-state index contributed by atoms with van der Waals surface area (Å²) in [6.45, 7) is 4.37. The normalized spacial score (nSPS) is 10.8. The highest BCUT2D eigenvalue weighted by atomic mass is 16.5. The molecule has 3 rings (SSSR count). The summed E-state index contributed by atoms with van der Waals surface area (Å²) in [5, 5.41) is 3.97. The van der Waals surface area contributed by atoms with E-state index >= 15 is 0 Å². The molecule has 0 radical (unpaired) electrons. The zero-order valence-corrected chi connectivity index (χ0v) is 15.8. The highest BCUT2D eigenvalue weighted by Crippen LogP contribution is 2.25. The number of nitrogens with zero attached hydrogens (tertiary/aromatic N) is 3. The number of carbonyl (C=O) groups is 1. The van der Waals surface area contributed by atoms with Crippen molar-refractivity contribution in [2.24, 2.45) is 0 Å². The zero-order chi connectivity index (χ0) is 19.2. The van der Waals surface area contributed by atoms with E-state index in [0.717, 1.165) is 16.9 Å². The van der Waals surface area contributed by atoms with Gasteiger partial charge in [0.1, 0.15) is 5.75 Å². The van der Waals surface area contributed by atoms with Gasteiger partial charge in [0.05, 0.1) is 6.54 Å². The molecule has 2 aromatic carbocycles. The van der Waals surface area contributed by atoms with Gasteiger partial charge in [-0.05, 0) is 17.5 Å². The molecular formula is C21H23N3O3. The van der Waals surface area contributed by atoms with E-state index in [0.29, 0.717) is 17.6 Å². The standard InChI is InChI=1S/C21H23N3O3/c1-15(2)17-11-7-8-12-18(17)26-14-20(25)24(3)13-19-22-21(23-27-19)16-9-5-4-6-10-16/h4-12,15H,13-14H2,1-3H3. The molecule has 0 bridgehead atoms. The van der Waals surface area contributed by atoms with Crippen LogP contribution in [0.1, 0.15) is 31.2 Å². The minimum atomic E-state index is -0.159. The average Bonchev–Trinajstić information content (AvgIpc) is 3.15. The summed E-state index contributed by atoms with van der Waals surface area (Å²) >= 11 is 0. The van der Waals surface area contributed by atoms with Crippen LogP contribution in [0, 0.1) is 0 Å². The second kappa shape index (κ2) is 8.49. The molecule has 0 saturated carbocycles. The number of rotatable bonds is 7. The molecule has 27 heavy (non-hydrogen) atoms. The number of likely N-dealkylation sites (N-methyl/N-ethyl adjacent to an activating group) is 1. The van der Waals surface area contributed by atoms with Gasteiger partial charge in [-0.15, -0.1) is 0 Å². The van der Waals surface area contributed by atoms with Crippen molar-refractivity contribution in [3.05, 3.63) is 66.1 Å². The van der Waals surface area contributed by atoms with Crippen LogP contribution in [0.2, 0.25) is 0 Å². The summed E-state index contributed by atoms with van der Waals surface area (Å²) in [5.74, 6) is 1.79. The van der Waals surface area contributed by atoms with Gasteiger partial charge in [0.25, 0.3) is 5.91 Å². The smallest absolute Gasteiger partial charge is 0.260 e. The summed E-state index contributed by atoms with van der Waals surface area (Å²) < 4.78 is 11.0. The minimum Gasteiger partial charge on any atom is -0.483 e. The Bertz CT molecular complexity index is 890. The Morgan fingerprint density at radius 2 is 1.81 bits per heavy atom. The summed E-state index contributed by atoms with van der Waals surface area (Å²) in [4.78, 5) is 18.2. The van der Waals surface area contributed by atoms with Gasteiger partial charge in [-0.3, -0.25) is 4.79 Å². The highest BCUT2D eigenvalue weighted by molar-refractivity contribution is 5.77. The number of benzene rings is 2. The van der Waals surface area contributed by atoms with E-state index in [2.05, 4.69) is 24.0 Å². The van der Waals surface area contributed by atoms with E-state index in [1.165, 1.54) is 4.90 Å². The monoisotopic (exact) mass is 365 g/mol. The van der Waals surface area contributed by atoms with Crippen LogP contribution in [0.5, 0.6) is 5.75 Å². The van der Waals surface area contributed by atoms with E-state index in [4.69, 9.17) is 9.26 Å². The van der Waals surface area contributed by atoms with E-state index in [1.54, 1.807) is 7.05 Å². The van der Waals surface area contributed by atoms with Gasteiger partial charge in [-0.2, -0.15) is 4.98 Å². The topological polar surface area (TPSA) is 68.5 Å². The van der Waals surface area contributed by atoms with Crippen molar-refractivity contribution in [1.29, 1.82) is 0 Å². The lowest BCUT2D eigenvalue weighted by Crippen LogP contribution is -2.31. The van der Waals surface area contributed by atoms with Gasteiger partial charge in [0.15, 0.2) is 6.61 Å². The van der Waals surface area contributed by atoms with Crippen LogP contribution in [0.4, 0.5) is 0 Å². The summed E-state index contributed by atoms with van der Waals surface area (Å²) in [6.07, 6.45) is 0. The number of carbonyl (C=O) groups excluding carboxylic acids is 1. The fourth-order valence-corrected chi connectivity index (χ4v) is 2.65. The van der Waals surface area contributed by atoms with Crippen LogP contribution >= 0.6 is 0 Å². The van der Waals surface area contributed by atoms with Gasteiger partial charge in [0, 0.05) is 12.6 Å². The van der Waals surface area contributed by atoms with Gasteiger partial charge in [-0.1, -0.05) is 67.5 Å². The van der Waals surface area contributed by atoms with E-state index in [-0.39, 0.29) is 19.1 Å². The van der Waals surface area contributed by atoms with Crippen molar-refractivity contribution in [2.45, 2.75) is 26.3 Å². The number of ether oxygens (including phenoxy) is 1. The van der Waals surface area contributed by atoms with Crippen molar-refractivity contribution in [3.8, 4) is 17.1 Å². The van der Waals surface area contributed by atoms with Gasteiger partial charge in [-0.25, -0.2) is 0 Å². The number of para-hydroxylation sites is 1. The fraction of sp³-hybridized carbons (Fsp3) is 0.286. The molecule has 0 N–H and O–H groups in total. The Hall–Kier alpha value is -3.15. The van der Waals surface area contributed by atoms with Crippen LogP contribution in [0.15, 0.2) is 59.1 Å². The number of hydrogen-bond donors (Lipinski definition) is 0. The second-order valence-electron chi connectivity index (χ2n) is 6.61. The van der Waals surface area contributed by atoms with Crippen LogP contribution in [0.3, 0.4) is 0 Å². The predicted molar refractivity (Wildman–Crippen MR) is 102 cm³/mol. The Kier molecular flexibility index (Phi) is 5.86. The van der Waals surface area contributed by atoms with Crippen molar-refractivity contribution in [2.75, 3.05) is 13.7 Å². The van der Waals surface area contributed by atoms with Gasteiger partial charge in [0.2, 0.25) is 11.7 Å². The van der Waals surface area contributed by atoms with Crippen LogP contribution in [-0.2, 0) is 11.3 Å². The molecule has 0 fully saturated rings. The molecule has 6 heteroatoms. The van der Waals surface area contributed by atoms with Gasteiger partial charge >= 0.3 is 0 Å². The molecule has 0 atom stereocenters. The first-order chi connectivity index (χ1) is 13.0. The van der Waals surface area contributed by atoms with Crippen LogP contribution in [0.25, 0.3) is 11.4 Å². The molecule has 1 heterocycles. The van der Waals surface area contributed by atoms with Crippen molar-refractivity contribution in [3.63, 3.8) is 0 Å². The maximum atomic E-state index is 12.4. The molecule has 0 aliphatic rings. The van der Waals surface area contributed by atoms with Crippen LogP contribution < -0.4 is 4.74 Å². The molecule has 3 aromatic rings. The summed E-state index contributed by atoms with van der Waals surface area (Å²) in [5.41, 5.74) is 1.95. The maximum absolute atomic E-state index is 12.4. The molecule has 0 saturated heterocycles. The molecule has 0 unspecified atom stereocenters. The predicted octanol–water partition coefficient (Wildman–Crippen LogP) is 3.90. The number of aromatic nitrogens is 2. The largest absolute Gasteiger partial charge is 0.483 e. The Balaban J connectivity index is 1.58. The highest BCUT2D eigenvalue weighted by Gasteiger charge is 2.16. The van der Waals surface area contributed by atoms with Crippen molar-refractivity contribution in [1.82, 2.24) is 15.0 Å². The molecular weight excluding hydrogens is 342 g/mol. The summed E-state index contributed by atoms with van der Waals surface area (Å²) in [6, 6.07) is 17.3. The minimum absolute atomic E-state index is 0.0418. The number of amides is 1. The van der Waals surface area contributed by atoms with Crippen molar-refractivity contribution >= 4 is 5.91 Å². The molecule has 1 amide bonds. The van der Waals surface area contributed by atoms with Crippen LogP contribution in [-0.4, -0.2) is 34.6 Å². The Morgan fingerprint density at radius 1 is 1.11 bits per heavy atom. The van der Waals surface area contributed by atoms with E-state index in [9.17, 15) is 4.79 Å². The van der Waals surface area contributed by atoms with E-state index in [1.807, 2.05) is 54.6 Å². The first-order valence-electron chi connectivity index (χ1n) is 8.88. The summed E-state index contributed by atoms with van der Waals surface area (Å²) in [7, 11) is 1.69. The van der Waals surface area contributed by atoms with E-state index < -0.39 is 0 Å². The molecule has 0 aliphatic carbocycles. The second-order valence-corrected chi connectivity index (χ2v) is 6.61.